The van der Waals surface area contributed by atoms with Crippen molar-refractivity contribution in [2.75, 3.05) is 11.9 Å². The van der Waals surface area contributed by atoms with Gasteiger partial charge in [0.15, 0.2) is 0 Å². The Kier molecular flexibility index (Phi) is 6.67. The molecule has 0 saturated heterocycles. The van der Waals surface area contributed by atoms with E-state index in [0.29, 0.717) is 12.1 Å². The second-order valence-corrected chi connectivity index (χ2v) is 5.42. The minimum absolute atomic E-state index is 0.0810. The van der Waals surface area contributed by atoms with Crippen LogP contribution in [0.25, 0.3) is 0 Å². The average Bonchev–Trinajstić information content (AvgIpc) is 2.40. The maximum atomic E-state index is 11.7. The van der Waals surface area contributed by atoms with Gasteiger partial charge in [0.1, 0.15) is 0 Å². The third-order valence-corrected chi connectivity index (χ3v) is 3.61. The summed E-state index contributed by atoms with van der Waals surface area (Å²) in [5.74, 6) is -1.50. The third kappa shape index (κ3) is 5.30. The lowest BCUT2D eigenvalue weighted by Gasteiger charge is -2.11. The first-order chi connectivity index (χ1) is 9.43. The summed E-state index contributed by atoms with van der Waals surface area (Å²) >= 11 is 3.36. The van der Waals surface area contributed by atoms with E-state index in [-0.39, 0.29) is 6.54 Å². The lowest BCUT2D eigenvalue weighted by molar-refractivity contribution is -0.136. The fraction of sp³-hybridized carbons (Fsp3) is 0.429. The van der Waals surface area contributed by atoms with Crippen molar-refractivity contribution in [1.29, 1.82) is 0 Å². The smallest absolute Gasteiger partial charge is 0.313 e. The van der Waals surface area contributed by atoms with Gasteiger partial charge in [-0.3, -0.25) is 9.59 Å². The zero-order chi connectivity index (χ0) is 15.1. The van der Waals surface area contributed by atoms with Crippen LogP contribution in [-0.2, 0) is 9.59 Å². The monoisotopic (exact) mass is 342 g/mol. The van der Waals surface area contributed by atoms with Crippen LogP contribution in [0.1, 0.15) is 25.3 Å². The zero-order valence-electron chi connectivity index (χ0n) is 11.6. The van der Waals surface area contributed by atoms with Crippen LogP contribution in [-0.4, -0.2) is 29.6 Å². The predicted octanol–water partition coefficient (Wildman–Crippen LogP) is 1.97. The molecule has 0 heterocycles. The number of hydrogen-bond donors (Lipinski definition) is 3. The first-order valence-corrected chi connectivity index (χ1v) is 7.26. The summed E-state index contributed by atoms with van der Waals surface area (Å²) in [7, 11) is 0. The van der Waals surface area contributed by atoms with Crippen molar-refractivity contribution in [1.82, 2.24) is 5.32 Å². The van der Waals surface area contributed by atoms with E-state index in [1.807, 2.05) is 19.9 Å². The quantitative estimate of drug-likeness (QED) is 0.716. The Morgan fingerprint density at radius 1 is 1.35 bits per heavy atom. The lowest BCUT2D eigenvalue weighted by Crippen LogP contribution is -2.39. The fourth-order valence-electron chi connectivity index (χ4n) is 1.58. The Morgan fingerprint density at radius 2 is 2.05 bits per heavy atom. The normalized spacial score (nSPS) is 11.8. The summed E-state index contributed by atoms with van der Waals surface area (Å²) in [5, 5.41) is 14.4. The number of aliphatic hydroxyl groups is 1. The molecule has 0 aliphatic heterocycles. The first kappa shape index (κ1) is 16.7. The highest BCUT2D eigenvalue weighted by atomic mass is 79.9. The molecule has 1 unspecified atom stereocenters. The van der Waals surface area contributed by atoms with Crippen LogP contribution >= 0.6 is 15.9 Å². The van der Waals surface area contributed by atoms with Crippen LogP contribution < -0.4 is 10.6 Å². The van der Waals surface area contributed by atoms with E-state index in [0.717, 1.165) is 16.5 Å². The fourth-order valence-corrected chi connectivity index (χ4v) is 1.96. The van der Waals surface area contributed by atoms with Crippen molar-refractivity contribution >= 4 is 33.4 Å². The Balaban J connectivity index is 2.49. The van der Waals surface area contributed by atoms with Gasteiger partial charge in [0.25, 0.3) is 0 Å². The first-order valence-electron chi connectivity index (χ1n) is 6.47. The highest BCUT2D eigenvalue weighted by molar-refractivity contribution is 9.10. The van der Waals surface area contributed by atoms with E-state index in [4.69, 9.17) is 0 Å². The molecule has 2 amide bonds. The van der Waals surface area contributed by atoms with E-state index < -0.39 is 17.9 Å². The van der Waals surface area contributed by atoms with Gasteiger partial charge in [0.05, 0.1) is 6.10 Å². The summed E-state index contributed by atoms with van der Waals surface area (Å²) in [6.07, 6.45) is 0.790. The van der Waals surface area contributed by atoms with E-state index >= 15 is 0 Å². The van der Waals surface area contributed by atoms with Crippen molar-refractivity contribution in [2.45, 2.75) is 32.8 Å². The van der Waals surface area contributed by atoms with Crippen molar-refractivity contribution in [3.05, 3.63) is 28.2 Å². The molecule has 5 nitrogen and oxygen atoms in total. The van der Waals surface area contributed by atoms with Crippen LogP contribution in [0.15, 0.2) is 22.7 Å². The molecule has 110 valence electrons. The van der Waals surface area contributed by atoms with E-state index in [9.17, 15) is 14.7 Å². The molecule has 0 aromatic heterocycles. The molecule has 1 rings (SSSR count). The van der Waals surface area contributed by atoms with E-state index in [1.165, 1.54) is 0 Å². The molecule has 0 bridgehead atoms. The number of halogens is 1. The molecule has 0 aliphatic carbocycles. The molecule has 0 fully saturated rings. The van der Waals surface area contributed by atoms with E-state index in [1.54, 1.807) is 12.1 Å². The highest BCUT2D eigenvalue weighted by Gasteiger charge is 2.15. The molecule has 1 aromatic rings. The van der Waals surface area contributed by atoms with Crippen molar-refractivity contribution in [3.63, 3.8) is 0 Å². The maximum absolute atomic E-state index is 11.7. The molecular formula is C14H19BrN2O3. The van der Waals surface area contributed by atoms with Crippen LogP contribution in [0.3, 0.4) is 0 Å². The number of nitrogens with one attached hydrogen (secondary N) is 2. The molecule has 0 spiro atoms. The number of hydrogen-bond acceptors (Lipinski definition) is 3. The number of amides is 2. The predicted molar refractivity (Wildman–Crippen MR) is 81.4 cm³/mol. The van der Waals surface area contributed by atoms with Gasteiger partial charge in [-0.2, -0.15) is 0 Å². The highest BCUT2D eigenvalue weighted by Crippen LogP contribution is 2.20. The standard InChI is InChI=1S/C14H19BrN2O3/c1-3-4-11(18)8-16-13(19)14(20)17-10-6-5-9(2)12(15)7-10/h5-7,11,18H,3-4,8H2,1-2H3,(H,16,19)(H,17,20). The van der Waals surface area contributed by atoms with Gasteiger partial charge in [-0.1, -0.05) is 35.3 Å². The lowest BCUT2D eigenvalue weighted by atomic mass is 10.2. The number of rotatable bonds is 5. The number of aliphatic hydroxyl groups excluding tert-OH is 1. The van der Waals surface area contributed by atoms with Gasteiger partial charge in [0, 0.05) is 16.7 Å². The van der Waals surface area contributed by atoms with Gasteiger partial charge >= 0.3 is 11.8 Å². The Morgan fingerprint density at radius 3 is 2.65 bits per heavy atom. The molecule has 0 saturated carbocycles. The van der Waals surface area contributed by atoms with Gasteiger partial charge in [-0.25, -0.2) is 0 Å². The molecule has 3 N–H and O–H groups in total. The third-order valence-electron chi connectivity index (χ3n) is 2.76. The van der Waals surface area contributed by atoms with Crippen LogP contribution in [0.5, 0.6) is 0 Å². The van der Waals surface area contributed by atoms with Crippen LogP contribution in [0, 0.1) is 6.92 Å². The van der Waals surface area contributed by atoms with E-state index in [2.05, 4.69) is 26.6 Å². The number of carbonyl (C=O) groups excluding carboxylic acids is 2. The van der Waals surface area contributed by atoms with Gasteiger partial charge in [0.2, 0.25) is 0 Å². The van der Waals surface area contributed by atoms with Crippen molar-refractivity contribution in [2.24, 2.45) is 0 Å². The largest absolute Gasteiger partial charge is 0.391 e. The van der Waals surface area contributed by atoms with Crippen LogP contribution in [0.4, 0.5) is 5.69 Å². The minimum Gasteiger partial charge on any atom is -0.391 e. The average molecular weight is 343 g/mol. The van der Waals surface area contributed by atoms with Gasteiger partial charge in [-0.05, 0) is 31.0 Å². The van der Waals surface area contributed by atoms with Crippen molar-refractivity contribution in [3.8, 4) is 0 Å². The minimum atomic E-state index is -0.753. The second-order valence-electron chi connectivity index (χ2n) is 4.57. The summed E-state index contributed by atoms with van der Waals surface area (Å²) < 4.78 is 0.856. The second kappa shape index (κ2) is 8.01. The number of aryl methyl sites for hydroxylation is 1. The van der Waals surface area contributed by atoms with Gasteiger partial charge in [-0.15, -0.1) is 0 Å². The molecule has 1 aromatic carbocycles. The molecule has 1 atom stereocenters. The number of benzene rings is 1. The Labute approximate surface area is 126 Å². The van der Waals surface area contributed by atoms with Crippen molar-refractivity contribution < 1.29 is 14.7 Å². The zero-order valence-corrected chi connectivity index (χ0v) is 13.2. The number of carbonyl (C=O) groups is 2. The Bertz CT molecular complexity index is 491. The summed E-state index contributed by atoms with van der Waals surface area (Å²) in [6, 6.07) is 5.28. The number of anilines is 1. The Hall–Kier alpha value is -1.40. The summed E-state index contributed by atoms with van der Waals surface area (Å²) in [6.45, 7) is 3.95. The molecule has 20 heavy (non-hydrogen) atoms. The maximum Gasteiger partial charge on any atom is 0.313 e. The molecule has 0 aliphatic rings. The molecular weight excluding hydrogens is 324 g/mol. The topological polar surface area (TPSA) is 78.4 Å². The summed E-state index contributed by atoms with van der Waals surface area (Å²) in [4.78, 5) is 23.2. The van der Waals surface area contributed by atoms with Gasteiger partial charge < -0.3 is 15.7 Å². The summed E-state index contributed by atoms with van der Waals surface area (Å²) in [5.41, 5.74) is 1.58. The SMILES string of the molecule is CCCC(O)CNC(=O)C(=O)Nc1ccc(C)c(Br)c1. The van der Waals surface area contributed by atoms with Crippen LogP contribution in [0.2, 0.25) is 0 Å². The molecule has 6 heteroatoms. The molecule has 0 radical (unpaired) electrons.